The van der Waals surface area contributed by atoms with E-state index in [0.717, 1.165) is 28.9 Å². The molecular weight excluding hydrogens is 275 g/mol. The highest BCUT2D eigenvalue weighted by molar-refractivity contribution is 7.76. The zero-order chi connectivity index (χ0) is 15.1. The van der Waals surface area contributed by atoms with Gasteiger partial charge in [0, 0.05) is 11.1 Å². The molecule has 0 saturated heterocycles. The van der Waals surface area contributed by atoms with Gasteiger partial charge in [-0.25, -0.2) is 4.99 Å². The van der Waals surface area contributed by atoms with Gasteiger partial charge in [0.05, 0.1) is 5.45 Å². The maximum Gasteiger partial charge on any atom is 0.152 e. The first-order valence-corrected chi connectivity index (χ1v) is 9.00. The van der Waals surface area contributed by atoms with E-state index in [1.54, 1.807) is 0 Å². The van der Waals surface area contributed by atoms with E-state index in [1.165, 1.54) is 0 Å². The first-order chi connectivity index (χ1) is 10.3. The summed E-state index contributed by atoms with van der Waals surface area (Å²) in [6.07, 6.45) is 2.20. The highest BCUT2D eigenvalue weighted by Gasteiger charge is 2.14. The fraction of sp³-hybridized carbons (Fsp3) is 0.222. The molecule has 3 heteroatoms. The number of hydrogen-bond donors (Lipinski definition) is 1. The van der Waals surface area contributed by atoms with Crippen molar-refractivity contribution in [1.29, 1.82) is 5.41 Å². The van der Waals surface area contributed by atoms with E-state index in [9.17, 15) is 0 Å². The van der Waals surface area contributed by atoms with E-state index in [0.29, 0.717) is 5.84 Å². The molecular formula is C18H21N2P. The third-order valence-electron chi connectivity index (χ3n) is 3.36. The van der Waals surface area contributed by atoms with Crippen molar-refractivity contribution in [2.24, 2.45) is 4.99 Å². The second-order valence-electron chi connectivity index (χ2n) is 4.69. The third-order valence-corrected chi connectivity index (χ3v) is 5.84. The van der Waals surface area contributed by atoms with Crippen LogP contribution in [0.15, 0.2) is 65.7 Å². The first kappa shape index (κ1) is 15.6. The van der Waals surface area contributed by atoms with Crippen molar-refractivity contribution in [2.45, 2.75) is 13.8 Å². The normalized spacial score (nSPS) is 11.7. The molecule has 2 rings (SSSR count). The Morgan fingerprint density at radius 1 is 0.857 bits per heavy atom. The predicted octanol–water partition coefficient (Wildman–Crippen LogP) is 4.98. The quantitative estimate of drug-likeness (QED) is 0.459. The molecule has 0 radical (unpaired) electrons. The van der Waals surface area contributed by atoms with Crippen LogP contribution in [-0.2, 0) is 0 Å². The van der Waals surface area contributed by atoms with Crippen LogP contribution < -0.4 is 0 Å². The van der Waals surface area contributed by atoms with Crippen molar-refractivity contribution in [3.05, 3.63) is 71.8 Å². The maximum absolute atomic E-state index is 8.28. The SMILES string of the molecule is CCP(CC)C(=NC(=N)c1ccccc1)c1ccccc1. The molecule has 108 valence electrons. The highest BCUT2D eigenvalue weighted by atomic mass is 31.1. The fourth-order valence-corrected chi connectivity index (χ4v) is 4.00. The highest BCUT2D eigenvalue weighted by Crippen LogP contribution is 2.39. The monoisotopic (exact) mass is 296 g/mol. The summed E-state index contributed by atoms with van der Waals surface area (Å²) in [5, 5.41) is 8.28. The molecule has 21 heavy (non-hydrogen) atoms. The molecule has 0 saturated carbocycles. The molecule has 0 aliphatic rings. The van der Waals surface area contributed by atoms with Crippen LogP contribution in [0, 0.1) is 5.41 Å². The summed E-state index contributed by atoms with van der Waals surface area (Å²) in [7, 11) is -0.310. The lowest BCUT2D eigenvalue weighted by atomic mass is 10.2. The Kier molecular flexibility index (Phi) is 5.83. The summed E-state index contributed by atoms with van der Waals surface area (Å²) in [5.74, 6) is 0.351. The molecule has 0 spiro atoms. The molecule has 0 unspecified atom stereocenters. The van der Waals surface area contributed by atoms with E-state index < -0.39 is 0 Å². The number of rotatable bonds is 5. The van der Waals surface area contributed by atoms with Gasteiger partial charge in [0.1, 0.15) is 0 Å². The topological polar surface area (TPSA) is 36.2 Å². The summed E-state index contributed by atoms with van der Waals surface area (Å²) in [4.78, 5) is 4.69. The van der Waals surface area contributed by atoms with Crippen LogP contribution in [0.5, 0.6) is 0 Å². The molecule has 0 amide bonds. The molecule has 2 nitrogen and oxygen atoms in total. The lowest BCUT2D eigenvalue weighted by Gasteiger charge is -2.17. The smallest absolute Gasteiger partial charge is 0.152 e. The van der Waals surface area contributed by atoms with Crippen molar-refractivity contribution >= 4 is 19.2 Å². The Morgan fingerprint density at radius 3 is 1.81 bits per heavy atom. The number of nitrogens with zero attached hydrogens (tertiary/aromatic N) is 1. The van der Waals surface area contributed by atoms with Crippen LogP contribution in [-0.4, -0.2) is 23.6 Å². The van der Waals surface area contributed by atoms with E-state index in [1.807, 2.05) is 48.5 Å². The van der Waals surface area contributed by atoms with E-state index in [4.69, 9.17) is 5.41 Å². The van der Waals surface area contributed by atoms with E-state index in [-0.39, 0.29) is 7.92 Å². The lowest BCUT2D eigenvalue weighted by molar-refractivity contribution is 1.40. The molecule has 1 N–H and O–H groups in total. The van der Waals surface area contributed by atoms with Crippen molar-refractivity contribution in [3.63, 3.8) is 0 Å². The summed E-state index contributed by atoms with van der Waals surface area (Å²) < 4.78 is 0. The van der Waals surface area contributed by atoms with Crippen LogP contribution >= 0.6 is 7.92 Å². The number of aliphatic imine (C=N–C) groups is 1. The molecule has 2 aromatic rings. The Labute approximate surface area is 128 Å². The summed E-state index contributed by atoms with van der Waals surface area (Å²) in [6.45, 7) is 4.42. The molecule has 0 fully saturated rings. The Morgan fingerprint density at radius 2 is 1.33 bits per heavy atom. The first-order valence-electron chi connectivity index (χ1n) is 7.29. The standard InChI is InChI=1S/C18H21N2P/c1-3-21(4-2)18(16-13-9-6-10-14-16)20-17(19)15-11-7-5-8-12-15/h5-14,19H,3-4H2,1-2H3. The van der Waals surface area contributed by atoms with Gasteiger partial charge in [-0.05, 0) is 12.3 Å². The number of hydrogen-bond acceptors (Lipinski definition) is 1. The Hall–Kier alpha value is -1.79. The molecule has 0 aliphatic heterocycles. The van der Waals surface area contributed by atoms with Crippen molar-refractivity contribution in [3.8, 4) is 0 Å². The van der Waals surface area contributed by atoms with Crippen LogP contribution in [0.25, 0.3) is 0 Å². The van der Waals surface area contributed by atoms with Crippen LogP contribution in [0.4, 0.5) is 0 Å². The molecule has 0 bridgehead atoms. The Bertz CT molecular complexity index is 602. The fourth-order valence-electron chi connectivity index (χ4n) is 2.19. The van der Waals surface area contributed by atoms with Gasteiger partial charge in [0.25, 0.3) is 0 Å². The zero-order valence-electron chi connectivity index (χ0n) is 12.6. The summed E-state index contributed by atoms with van der Waals surface area (Å²) in [5.41, 5.74) is 3.10. The van der Waals surface area contributed by atoms with Crippen LogP contribution in [0.1, 0.15) is 25.0 Å². The molecule has 0 aromatic heterocycles. The van der Waals surface area contributed by atoms with Gasteiger partial charge in [-0.1, -0.05) is 82.4 Å². The molecule has 2 aromatic carbocycles. The minimum atomic E-state index is -0.310. The maximum atomic E-state index is 8.28. The van der Waals surface area contributed by atoms with Gasteiger partial charge in [0.15, 0.2) is 5.84 Å². The zero-order valence-corrected chi connectivity index (χ0v) is 13.5. The predicted molar refractivity (Wildman–Crippen MR) is 94.3 cm³/mol. The van der Waals surface area contributed by atoms with Gasteiger partial charge < -0.3 is 0 Å². The van der Waals surface area contributed by atoms with Crippen molar-refractivity contribution in [1.82, 2.24) is 0 Å². The minimum absolute atomic E-state index is 0.310. The average Bonchev–Trinajstić information content (AvgIpc) is 2.56. The van der Waals surface area contributed by atoms with Crippen LogP contribution in [0.2, 0.25) is 0 Å². The third kappa shape index (κ3) is 4.09. The van der Waals surface area contributed by atoms with Crippen molar-refractivity contribution in [2.75, 3.05) is 12.3 Å². The molecule has 0 heterocycles. The van der Waals surface area contributed by atoms with E-state index in [2.05, 4.69) is 31.0 Å². The van der Waals surface area contributed by atoms with Crippen molar-refractivity contribution < 1.29 is 0 Å². The summed E-state index contributed by atoms with van der Waals surface area (Å²) >= 11 is 0. The van der Waals surface area contributed by atoms with Gasteiger partial charge in [-0.2, -0.15) is 0 Å². The molecule has 0 aliphatic carbocycles. The largest absolute Gasteiger partial charge is 0.282 e. The van der Waals surface area contributed by atoms with Gasteiger partial charge in [-0.15, -0.1) is 0 Å². The second-order valence-corrected chi connectivity index (χ2v) is 7.46. The average molecular weight is 296 g/mol. The van der Waals surface area contributed by atoms with Gasteiger partial charge >= 0.3 is 0 Å². The minimum Gasteiger partial charge on any atom is -0.282 e. The molecule has 0 atom stereocenters. The van der Waals surface area contributed by atoms with E-state index >= 15 is 0 Å². The number of amidine groups is 1. The number of nitrogens with one attached hydrogen (secondary N) is 1. The van der Waals surface area contributed by atoms with Gasteiger partial charge in [-0.3, -0.25) is 5.41 Å². The Balaban J connectivity index is 2.40. The van der Waals surface area contributed by atoms with Gasteiger partial charge in [0.2, 0.25) is 0 Å². The van der Waals surface area contributed by atoms with Crippen LogP contribution in [0.3, 0.4) is 0 Å². The lowest BCUT2D eigenvalue weighted by Crippen LogP contribution is -2.07. The number of benzene rings is 2. The second kappa shape index (κ2) is 7.85. The summed E-state index contributed by atoms with van der Waals surface area (Å²) in [6, 6.07) is 20.0.